The molecule has 3 unspecified atom stereocenters. The van der Waals surface area contributed by atoms with E-state index >= 15 is 0 Å². The average molecular weight is 329 g/mol. The zero-order valence-electron chi connectivity index (χ0n) is 14.5. The van der Waals surface area contributed by atoms with Crippen molar-refractivity contribution in [2.45, 2.75) is 57.8 Å². The van der Waals surface area contributed by atoms with Crippen LogP contribution < -0.4 is 0 Å². The molecule has 1 aliphatic rings. The normalized spacial score (nSPS) is 24.0. The van der Waals surface area contributed by atoms with Crippen LogP contribution in [0.2, 0.25) is 0 Å². The van der Waals surface area contributed by atoms with Crippen LogP contribution in [-0.2, 0) is 6.54 Å². The Morgan fingerprint density at radius 2 is 1.92 bits per heavy atom. The lowest BCUT2D eigenvalue weighted by atomic mass is 9.97. The van der Waals surface area contributed by atoms with Gasteiger partial charge in [-0.2, -0.15) is 0 Å². The molecule has 130 valence electrons. The van der Waals surface area contributed by atoms with Gasteiger partial charge in [-0.1, -0.05) is 29.8 Å². The molecule has 5 nitrogen and oxygen atoms in total. The third-order valence-corrected chi connectivity index (χ3v) is 5.22. The number of fused-ring (bicyclic) bond motifs is 1. The number of likely N-dealkylation sites (tertiary alicyclic amines) is 1. The van der Waals surface area contributed by atoms with Gasteiger partial charge in [0.2, 0.25) is 0 Å². The summed E-state index contributed by atoms with van der Waals surface area (Å²) in [4.78, 5) is 2.43. The molecule has 2 aromatic rings. The summed E-state index contributed by atoms with van der Waals surface area (Å²) < 4.78 is 2.05. The molecule has 2 N–H and O–H groups in total. The number of hydrogen-bond donors (Lipinski definition) is 2. The van der Waals surface area contributed by atoms with Crippen LogP contribution in [0.5, 0.6) is 0 Å². The van der Waals surface area contributed by atoms with Crippen LogP contribution in [0.4, 0.5) is 0 Å². The Hall–Kier alpha value is -1.85. The van der Waals surface area contributed by atoms with Crippen LogP contribution in [0.25, 0.3) is 10.9 Å². The molecule has 1 aromatic heterocycles. The van der Waals surface area contributed by atoms with Crippen molar-refractivity contribution in [1.82, 2.24) is 9.47 Å². The van der Waals surface area contributed by atoms with Gasteiger partial charge in [0.15, 0.2) is 0 Å². The molecular weight excluding hydrogens is 302 g/mol. The average Bonchev–Trinajstić information content (AvgIpc) is 2.90. The molecule has 24 heavy (non-hydrogen) atoms. The first-order chi connectivity index (χ1) is 11.6. The van der Waals surface area contributed by atoms with E-state index in [0.29, 0.717) is 25.2 Å². The Morgan fingerprint density at radius 3 is 2.62 bits per heavy atom. The zero-order chi connectivity index (χ0) is 17.1. The zero-order valence-corrected chi connectivity index (χ0v) is 14.5. The number of piperidine rings is 1. The molecule has 3 atom stereocenters. The summed E-state index contributed by atoms with van der Waals surface area (Å²) in [7, 11) is 0. The van der Waals surface area contributed by atoms with Gasteiger partial charge in [0, 0.05) is 47.8 Å². The summed E-state index contributed by atoms with van der Waals surface area (Å²) >= 11 is 0. The SMILES string of the molecule is CC1CCCC(C)N1CC(O)Cn1cc(C=NO)c2ccccc21. The smallest absolute Gasteiger partial charge is 0.0845 e. The topological polar surface area (TPSA) is 61.0 Å². The fourth-order valence-corrected chi connectivity index (χ4v) is 3.95. The first kappa shape index (κ1) is 17.0. The van der Waals surface area contributed by atoms with E-state index in [1.165, 1.54) is 25.5 Å². The quantitative estimate of drug-likeness (QED) is 0.503. The summed E-state index contributed by atoms with van der Waals surface area (Å²) in [6, 6.07) is 9.05. The van der Waals surface area contributed by atoms with Crippen molar-refractivity contribution in [1.29, 1.82) is 0 Å². The predicted octanol–water partition coefficient (Wildman–Crippen LogP) is 3.07. The van der Waals surface area contributed by atoms with E-state index in [2.05, 4.69) is 28.5 Å². The maximum Gasteiger partial charge on any atom is 0.0845 e. The van der Waals surface area contributed by atoms with Gasteiger partial charge in [-0.3, -0.25) is 4.90 Å². The molecule has 3 rings (SSSR count). The Bertz CT molecular complexity index is 700. The molecule has 0 amide bonds. The fourth-order valence-electron chi connectivity index (χ4n) is 3.95. The number of aliphatic hydroxyl groups is 1. The van der Waals surface area contributed by atoms with E-state index in [0.717, 1.165) is 16.5 Å². The van der Waals surface area contributed by atoms with Crippen molar-refractivity contribution >= 4 is 17.1 Å². The first-order valence-corrected chi connectivity index (χ1v) is 8.79. The van der Waals surface area contributed by atoms with Crippen LogP contribution in [0.3, 0.4) is 0 Å². The largest absolute Gasteiger partial charge is 0.411 e. The molecule has 0 saturated carbocycles. The minimum absolute atomic E-state index is 0.428. The number of aliphatic hydroxyl groups excluding tert-OH is 1. The van der Waals surface area contributed by atoms with Crippen LogP contribution in [0.15, 0.2) is 35.6 Å². The molecule has 1 fully saturated rings. The number of β-amino-alcohol motifs (C(OH)–C–C–N with tert-alkyl or cyclic N) is 1. The molecule has 0 spiro atoms. The van der Waals surface area contributed by atoms with Gasteiger partial charge in [0.25, 0.3) is 0 Å². The summed E-state index contributed by atoms with van der Waals surface area (Å²) in [6.45, 7) is 5.74. The Kier molecular flexibility index (Phi) is 5.21. The van der Waals surface area contributed by atoms with E-state index in [9.17, 15) is 5.11 Å². The number of benzene rings is 1. The van der Waals surface area contributed by atoms with Gasteiger partial charge in [-0.15, -0.1) is 0 Å². The van der Waals surface area contributed by atoms with E-state index < -0.39 is 6.10 Å². The van der Waals surface area contributed by atoms with Crippen molar-refractivity contribution < 1.29 is 10.3 Å². The highest BCUT2D eigenvalue weighted by atomic mass is 16.4. The van der Waals surface area contributed by atoms with E-state index in [4.69, 9.17) is 5.21 Å². The Balaban J connectivity index is 1.77. The molecule has 1 aliphatic heterocycles. The molecule has 1 aromatic carbocycles. The van der Waals surface area contributed by atoms with Crippen molar-refractivity contribution in [3.05, 3.63) is 36.0 Å². The van der Waals surface area contributed by atoms with Crippen LogP contribution in [0.1, 0.15) is 38.7 Å². The Labute approximate surface area is 143 Å². The standard InChI is InChI=1S/C19H27N3O2/c1-14-6-5-7-15(2)22(14)13-17(23)12-21-11-16(10-20-24)18-8-3-4-9-19(18)21/h3-4,8-11,14-15,17,23-24H,5-7,12-13H2,1-2H3. The highest BCUT2D eigenvalue weighted by Gasteiger charge is 2.26. The van der Waals surface area contributed by atoms with E-state index in [1.807, 2.05) is 30.5 Å². The molecule has 0 aliphatic carbocycles. The van der Waals surface area contributed by atoms with Crippen molar-refractivity contribution in [2.24, 2.45) is 5.16 Å². The molecule has 5 heteroatoms. The van der Waals surface area contributed by atoms with Crippen molar-refractivity contribution in [3.8, 4) is 0 Å². The summed E-state index contributed by atoms with van der Waals surface area (Å²) in [6.07, 6.45) is 6.65. The number of para-hydroxylation sites is 1. The number of nitrogens with zero attached hydrogens (tertiary/aromatic N) is 3. The van der Waals surface area contributed by atoms with E-state index in [1.54, 1.807) is 0 Å². The van der Waals surface area contributed by atoms with Crippen LogP contribution in [-0.4, -0.2) is 50.7 Å². The molecule has 0 bridgehead atoms. The molecular formula is C19H27N3O2. The first-order valence-electron chi connectivity index (χ1n) is 8.79. The highest BCUT2D eigenvalue weighted by Crippen LogP contribution is 2.24. The number of hydrogen-bond acceptors (Lipinski definition) is 4. The fraction of sp³-hybridized carbons (Fsp3) is 0.526. The number of aromatic nitrogens is 1. The summed E-state index contributed by atoms with van der Waals surface area (Å²) in [5.41, 5.74) is 1.91. The predicted molar refractivity (Wildman–Crippen MR) is 96.8 cm³/mol. The van der Waals surface area contributed by atoms with Crippen LogP contribution >= 0.6 is 0 Å². The number of rotatable bonds is 5. The maximum atomic E-state index is 10.6. The molecule has 2 heterocycles. The lowest BCUT2D eigenvalue weighted by Crippen LogP contribution is -2.47. The van der Waals surface area contributed by atoms with Crippen molar-refractivity contribution in [3.63, 3.8) is 0 Å². The second-order valence-corrected chi connectivity index (χ2v) is 6.98. The monoisotopic (exact) mass is 329 g/mol. The third kappa shape index (κ3) is 3.47. The lowest BCUT2D eigenvalue weighted by molar-refractivity contribution is 0.0352. The van der Waals surface area contributed by atoms with Gasteiger partial charge in [-0.05, 0) is 32.8 Å². The van der Waals surface area contributed by atoms with Gasteiger partial charge in [0.1, 0.15) is 0 Å². The Morgan fingerprint density at radius 1 is 1.21 bits per heavy atom. The summed E-state index contributed by atoms with van der Waals surface area (Å²) in [5, 5.41) is 23.7. The molecule has 0 radical (unpaired) electrons. The second-order valence-electron chi connectivity index (χ2n) is 6.98. The van der Waals surface area contributed by atoms with Crippen molar-refractivity contribution in [2.75, 3.05) is 6.54 Å². The summed E-state index contributed by atoms with van der Waals surface area (Å²) in [5.74, 6) is 0. The highest BCUT2D eigenvalue weighted by molar-refractivity contribution is 5.99. The lowest BCUT2D eigenvalue weighted by Gasteiger charge is -2.40. The van der Waals surface area contributed by atoms with Gasteiger partial charge < -0.3 is 14.9 Å². The van der Waals surface area contributed by atoms with Crippen LogP contribution in [0, 0.1) is 0 Å². The van der Waals surface area contributed by atoms with Gasteiger partial charge >= 0.3 is 0 Å². The minimum atomic E-state index is -0.428. The third-order valence-electron chi connectivity index (χ3n) is 5.22. The minimum Gasteiger partial charge on any atom is -0.411 e. The number of oxime groups is 1. The second kappa shape index (κ2) is 7.36. The maximum absolute atomic E-state index is 10.6. The van der Waals surface area contributed by atoms with Gasteiger partial charge in [0.05, 0.1) is 12.3 Å². The van der Waals surface area contributed by atoms with E-state index in [-0.39, 0.29) is 0 Å². The van der Waals surface area contributed by atoms with Gasteiger partial charge in [-0.25, -0.2) is 0 Å². The molecule has 1 saturated heterocycles.